The molecule has 0 saturated heterocycles. The molecule has 0 unspecified atom stereocenters. The zero-order valence-electron chi connectivity index (χ0n) is 7.90. The van der Waals surface area contributed by atoms with E-state index in [1.807, 2.05) is 18.2 Å². The Morgan fingerprint density at radius 3 is 2.64 bits per heavy atom. The quantitative estimate of drug-likeness (QED) is 0.415. The second kappa shape index (κ2) is 6.05. The van der Waals surface area contributed by atoms with Gasteiger partial charge in [-0.2, -0.15) is 0 Å². The van der Waals surface area contributed by atoms with E-state index in [4.69, 9.17) is 0 Å². The fraction of sp³-hybridized carbons (Fsp3) is 0.273. The molecule has 0 atom stereocenters. The molecule has 1 aromatic rings. The predicted molar refractivity (Wildman–Crippen MR) is 54.3 cm³/mol. The maximum Gasteiger partial charge on any atom is 0.176 e. The Labute approximate surface area is 83.1 Å². The third kappa shape index (κ3) is 3.49. The molecule has 0 radical (unpaired) electrons. The van der Waals surface area contributed by atoms with Gasteiger partial charge in [0.25, 0.3) is 0 Å². The monoisotopic (exact) mass is 191 g/mol. The van der Waals surface area contributed by atoms with Gasteiger partial charge in [-0.3, -0.25) is 4.79 Å². The van der Waals surface area contributed by atoms with Crippen LogP contribution in [0.15, 0.2) is 30.3 Å². The van der Waals surface area contributed by atoms with Gasteiger partial charge in [-0.1, -0.05) is 30.3 Å². The topological polar surface area (TPSA) is 46.2 Å². The largest absolute Gasteiger partial charge is 0.309 e. The molecule has 0 heterocycles. The van der Waals surface area contributed by atoms with Gasteiger partial charge < -0.3 is 10.1 Å². The Bertz CT molecular complexity index is 295. The Hall–Kier alpha value is -1.48. The van der Waals surface area contributed by atoms with Gasteiger partial charge in [0.05, 0.1) is 6.54 Å². The van der Waals surface area contributed by atoms with Crippen LogP contribution in [0.4, 0.5) is 0 Å². The predicted octanol–water partition coefficient (Wildman–Crippen LogP) is 1.05. The van der Waals surface area contributed by atoms with Crippen LogP contribution in [0.5, 0.6) is 0 Å². The average molecular weight is 191 g/mol. The number of rotatable bonds is 6. The molecule has 1 rings (SSSR count). The molecule has 0 saturated carbocycles. The van der Waals surface area contributed by atoms with Gasteiger partial charge in [0.2, 0.25) is 0 Å². The van der Waals surface area contributed by atoms with Crippen molar-refractivity contribution < 1.29 is 9.59 Å². The van der Waals surface area contributed by atoms with Crippen LogP contribution in [-0.4, -0.2) is 25.2 Å². The fourth-order valence-corrected chi connectivity index (χ4v) is 1.09. The third-order valence-electron chi connectivity index (χ3n) is 1.82. The zero-order valence-corrected chi connectivity index (χ0v) is 7.90. The van der Waals surface area contributed by atoms with Crippen LogP contribution in [0.1, 0.15) is 16.8 Å². The summed E-state index contributed by atoms with van der Waals surface area (Å²) < 4.78 is 0. The Kier molecular flexibility index (Phi) is 4.58. The van der Waals surface area contributed by atoms with Gasteiger partial charge in [-0.15, -0.1) is 0 Å². The normalized spacial score (nSPS) is 9.71. The smallest absolute Gasteiger partial charge is 0.176 e. The highest BCUT2D eigenvalue weighted by Gasteiger charge is 2.02. The number of carbonyl (C=O) groups excluding carboxylic acids is 2. The van der Waals surface area contributed by atoms with E-state index >= 15 is 0 Å². The van der Waals surface area contributed by atoms with E-state index in [1.165, 1.54) is 0 Å². The zero-order chi connectivity index (χ0) is 10.2. The summed E-state index contributed by atoms with van der Waals surface area (Å²) in [5.74, 6) is 0.0523. The highest BCUT2D eigenvalue weighted by molar-refractivity contribution is 5.97. The first-order valence-electron chi connectivity index (χ1n) is 4.57. The fourth-order valence-electron chi connectivity index (χ4n) is 1.09. The Balaban J connectivity index is 2.32. The van der Waals surface area contributed by atoms with E-state index in [0.717, 1.165) is 6.29 Å². The van der Waals surface area contributed by atoms with E-state index in [0.29, 0.717) is 18.5 Å². The lowest BCUT2D eigenvalue weighted by Crippen LogP contribution is -2.24. The van der Waals surface area contributed by atoms with E-state index < -0.39 is 0 Å². The molecule has 74 valence electrons. The Morgan fingerprint density at radius 2 is 2.00 bits per heavy atom. The second-order valence-corrected chi connectivity index (χ2v) is 2.92. The molecule has 0 aliphatic rings. The number of aldehydes is 1. The van der Waals surface area contributed by atoms with Crippen LogP contribution in [0, 0.1) is 0 Å². The highest BCUT2D eigenvalue weighted by atomic mass is 16.1. The number of ketones is 1. The minimum absolute atomic E-state index is 0.0523. The molecule has 1 N–H and O–H groups in total. The van der Waals surface area contributed by atoms with Crippen molar-refractivity contribution in [2.75, 3.05) is 13.1 Å². The number of hydrogen-bond donors (Lipinski definition) is 1. The van der Waals surface area contributed by atoms with Gasteiger partial charge in [-0.25, -0.2) is 0 Å². The summed E-state index contributed by atoms with van der Waals surface area (Å²) in [4.78, 5) is 21.5. The molecular weight excluding hydrogens is 178 g/mol. The summed E-state index contributed by atoms with van der Waals surface area (Å²) in [5.41, 5.74) is 0.700. The van der Waals surface area contributed by atoms with Crippen molar-refractivity contribution in [3.8, 4) is 0 Å². The van der Waals surface area contributed by atoms with E-state index in [2.05, 4.69) is 5.32 Å². The van der Waals surface area contributed by atoms with E-state index in [-0.39, 0.29) is 12.3 Å². The molecule has 0 spiro atoms. The number of hydrogen-bond acceptors (Lipinski definition) is 3. The van der Waals surface area contributed by atoms with Gasteiger partial charge in [0, 0.05) is 18.5 Å². The van der Waals surface area contributed by atoms with Crippen LogP contribution < -0.4 is 5.32 Å². The summed E-state index contributed by atoms with van der Waals surface area (Å²) in [6.45, 7) is 0.847. The molecule has 0 aliphatic carbocycles. The average Bonchev–Trinajstić information content (AvgIpc) is 2.25. The van der Waals surface area contributed by atoms with E-state index in [9.17, 15) is 9.59 Å². The maximum atomic E-state index is 11.5. The molecule has 0 fully saturated rings. The van der Waals surface area contributed by atoms with Crippen molar-refractivity contribution in [2.24, 2.45) is 0 Å². The Morgan fingerprint density at radius 1 is 1.29 bits per heavy atom. The van der Waals surface area contributed by atoms with Gasteiger partial charge in [0.15, 0.2) is 5.78 Å². The number of carbonyl (C=O) groups is 2. The lowest BCUT2D eigenvalue weighted by atomic mass is 10.1. The van der Waals surface area contributed by atoms with E-state index in [1.54, 1.807) is 12.1 Å². The van der Waals surface area contributed by atoms with Gasteiger partial charge >= 0.3 is 0 Å². The van der Waals surface area contributed by atoms with Crippen LogP contribution in [0.2, 0.25) is 0 Å². The van der Waals surface area contributed by atoms with Crippen LogP contribution >= 0.6 is 0 Å². The van der Waals surface area contributed by atoms with Crippen molar-refractivity contribution in [1.29, 1.82) is 0 Å². The molecular formula is C11H13NO2. The van der Waals surface area contributed by atoms with Crippen molar-refractivity contribution in [3.63, 3.8) is 0 Å². The first-order valence-corrected chi connectivity index (χ1v) is 4.57. The molecule has 0 aromatic heterocycles. The summed E-state index contributed by atoms with van der Waals surface area (Å²) in [7, 11) is 0. The second-order valence-electron chi connectivity index (χ2n) is 2.92. The van der Waals surface area contributed by atoms with Crippen LogP contribution in [0.3, 0.4) is 0 Å². The van der Waals surface area contributed by atoms with Crippen molar-refractivity contribution >= 4 is 12.1 Å². The van der Waals surface area contributed by atoms with Crippen LogP contribution in [-0.2, 0) is 4.79 Å². The summed E-state index contributed by atoms with van der Waals surface area (Å²) in [5, 5.41) is 2.90. The van der Waals surface area contributed by atoms with Crippen molar-refractivity contribution in [2.45, 2.75) is 6.42 Å². The number of benzene rings is 1. The molecule has 0 aliphatic heterocycles. The number of Topliss-reactive ketones (excluding diaryl/α,β-unsaturated/α-hetero) is 1. The van der Waals surface area contributed by atoms with Gasteiger partial charge in [0.1, 0.15) is 6.29 Å². The summed E-state index contributed by atoms with van der Waals surface area (Å²) in [6, 6.07) is 9.10. The molecule has 0 bridgehead atoms. The first kappa shape index (κ1) is 10.6. The molecule has 3 heteroatoms. The maximum absolute atomic E-state index is 11.5. The highest BCUT2D eigenvalue weighted by Crippen LogP contribution is 1.98. The lowest BCUT2D eigenvalue weighted by Gasteiger charge is -2.01. The molecule has 3 nitrogen and oxygen atoms in total. The third-order valence-corrected chi connectivity index (χ3v) is 1.82. The van der Waals surface area contributed by atoms with Crippen LogP contribution in [0.25, 0.3) is 0 Å². The summed E-state index contributed by atoms with van der Waals surface area (Å²) >= 11 is 0. The summed E-state index contributed by atoms with van der Waals surface area (Å²) in [6.07, 6.45) is 1.28. The minimum Gasteiger partial charge on any atom is -0.309 e. The molecule has 14 heavy (non-hydrogen) atoms. The standard InChI is InChI=1S/C11H13NO2/c13-8-4-7-12-9-11(14)10-5-2-1-3-6-10/h1-3,5-6,8,12H,4,7,9H2. The van der Waals surface area contributed by atoms with Gasteiger partial charge in [-0.05, 0) is 0 Å². The molecule has 1 aromatic carbocycles. The minimum atomic E-state index is 0.0523. The first-order chi connectivity index (χ1) is 6.84. The lowest BCUT2D eigenvalue weighted by molar-refractivity contribution is -0.107. The van der Waals surface area contributed by atoms with Crippen molar-refractivity contribution in [3.05, 3.63) is 35.9 Å². The number of nitrogens with one attached hydrogen (secondary N) is 1. The molecule has 0 amide bonds. The SMILES string of the molecule is O=CCCNCC(=O)c1ccccc1. The van der Waals surface area contributed by atoms with Crippen molar-refractivity contribution in [1.82, 2.24) is 5.32 Å².